The van der Waals surface area contributed by atoms with Gasteiger partial charge in [-0.15, -0.1) is 0 Å². The fourth-order valence-corrected chi connectivity index (χ4v) is 3.29. The molecule has 1 aromatic heterocycles. The molecule has 2 aromatic carbocycles. The van der Waals surface area contributed by atoms with E-state index >= 15 is 0 Å². The molecule has 0 aliphatic carbocycles. The van der Waals surface area contributed by atoms with Crippen molar-refractivity contribution in [2.45, 2.75) is 27.3 Å². The Morgan fingerprint density at radius 1 is 0.966 bits per heavy atom. The van der Waals surface area contributed by atoms with E-state index in [-0.39, 0.29) is 12.5 Å². The van der Waals surface area contributed by atoms with Gasteiger partial charge in [0, 0.05) is 23.8 Å². The van der Waals surface area contributed by atoms with Crippen LogP contribution in [0.5, 0.6) is 5.75 Å². The van der Waals surface area contributed by atoms with Gasteiger partial charge in [-0.2, -0.15) is 0 Å². The van der Waals surface area contributed by atoms with Crippen LogP contribution in [0.3, 0.4) is 0 Å². The molecule has 7 nitrogen and oxygen atoms in total. The summed E-state index contributed by atoms with van der Waals surface area (Å²) in [7, 11) is 1.55. The molecule has 150 valence electrons. The average molecular weight is 393 g/mol. The summed E-state index contributed by atoms with van der Waals surface area (Å²) in [4.78, 5) is 37.4. The molecule has 1 N–H and O–H groups in total. The van der Waals surface area contributed by atoms with Crippen LogP contribution in [0.15, 0.2) is 58.4 Å². The third kappa shape index (κ3) is 4.29. The molecular formula is C22H23N3O4. The number of aryl methyl sites for hydroxylation is 3. The second-order valence-corrected chi connectivity index (χ2v) is 6.93. The minimum atomic E-state index is -0.768. The molecule has 3 aromatic rings. The smallest absolute Gasteiger partial charge is 0.320 e. The van der Waals surface area contributed by atoms with Gasteiger partial charge in [0.05, 0.1) is 7.11 Å². The van der Waals surface area contributed by atoms with Crippen molar-refractivity contribution in [3.63, 3.8) is 0 Å². The number of aromatic nitrogens is 2. The van der Waals surface area contributed by atoms with Crippen LogP contribution in [0, 0.1) is 20.8 Å². The molecule has 0 atom stereocenters. The zero-order chi connectivity index (χ0) is 21.1. The first-order chi connectivity index (χ1) is 13.8. The Kier molecular flexibility index (Phi) is 5.68. The van der Waals surface area contributed by atoms with Gasteiger partial charge >= 0.3 is 11.1 Å². The monoisotopic (exact) mass is 393 g/mol. The molecule has 0 saturated carbocycles. The first-order valence-electron chi connectivity index (χ1n) is 9.14. The van der Waals surface area contributed by atoms with Crippen LogP contribution in [-0.4, -0.2) is 22.2 Å². The molecule has 0 aliphatic heterocycles. The molecule has 7 heteroatoms. The van der Waals surface area contributed by atoms with Gasteiger partial charge in [-0.25, -0.2) is 0 Å². The summed E-state index contributed by atoms with van der Waals surface area (Å²) in [5, 5.41) is 2.84. The number of hydrogen-bond donors (Lipinski definition) is 1. The zero-order valence-corrected chi connectivity index (χ0v) is 16.9. The molecular weight excluding hydrogens is 370 g/mol. The zero-order valence-electron chi connectivity index (χ0n) is 16.9. The summed E-state index contributed by atoms with van der Waals surface area (Å²) in [5.74, 6) is 0.275. The predicted octanol–water partition coefficient (Wildman–Crippen LogP) is 2.57. The van der Waals surface area contributed by atoms with Crippen molar-refractivity contribution in [1.82, 2.24) is 9.13 Å². The van der Waals surface area contributed by atoms with Crippen LogP contribution in [0.2, 0.25) is 0 Å². The summed E-state index contributed by atoms with van der Waals surface area (Å²) < 4.78 is 7.44. The number of methoxy groups -OCH3 is 1. The van der Waals surface area contributed by atoms with E-state index in [9.17, 15) is 14.4 Å². The number of carbonyl (C=O) groups excluding carboxylic acids is 1. The lowest BCUT2D eigenvalue weighted by atomic mass is 10.1. The normalized spacial score (nSPS) is 10.6. The van der Waals surface area contributed by atoms with E-state index in [0.29, 0.717) is 11.4 Å². The van der Waals surface area contributed by atoms with Gasteiger partial charge in [-0.3, -0.25) is 23.5 Å². The second kappa shape index (κ2) is 8.18. The number of nitrogens with one attached hydrogen (secondary N) is 1. The molecule has 0 radical (unpaired) electrons. The SMILES string of the molecule is COc1ccc(-n2ccn(CC(=O)Nc3c(C)cc(C)cc3C)c(=O)c2=O)cc1. The molecule has 0 aliphatic rings. The second-order valence-electron chi connectivity index (χ2n) is 6.93. The Bertz CT molecular complexity index is 1150. The maximum Gasteiger partial charge on any atom is 0.320 e. The van der Waals surface area contributed by atoms with Crippen molar-refractivity contribution in [1.29, 1.82) is 0 Å². The van der Waals surface area contributed by atoms with E-state index in [1.54, 1.807) is 31.4 Å². The maximum atomic E-state index is 12.5. The summed E-state index contributed by atoms with van der Waals surface area (Å²) in [6.07, 6.45) is 2.91. The van der Waals surface area contributed by atoms with Crippen molar-refractivity contribution < 1.29 is 9.53 Å². The molecule has 1 amide bonds. The molecule has 0 spiro atoms. The quantitative estimate of drug-likeness (QED) is 0.676. The number of nitrogens with zero attached hydrogens (tertiary/aromatic N) is 2. The van der Waals surface area contributed by atoms with Crippen LogP contribution in [-0.2, 0) is 11.3 Å². The Morgan fingerprint density at radius 2 is 1.59 bits per heavy atom. The predicted molar refractivity (Wildman–Crippen MR) is 112 cm³/mol. The number of rotatable bonds is 5. The highest BCUT2D eigenvalue weighted by molar-refractivity contribution is 5.92. The number of carbonyl (C=O) groups is 1. The molecule has 0 bridgehead atoms. The average Bonchev–Trinajstić information content (AvgIpc) is 2.68. The Hall–Kier alpha value is -3.61. The third-order valence-corrected chi connectivity index (χ3v) is 4.66. The summed E-state index contributed by atoms with van der Waals surface area (Å²) in [5.41, 5.74) is 2.76. The number of amides is 1. The van der Waals surface area contributed by atoms with Crippen LogP contribution in [0.4, 0.5) is 5.69 Å². The number of hydrogen-bond acceptors (Lipinski definition) is 4. The van der Waals surface area contributed by atoms with E-state index in [1.165, 1.54) is 17.0 Å². The van der Waals surface area contributed by atoms with Crippen molar-refractivity contribution in [2.24, 2.45) is 0 Å². The van der Waals surface area contributed by atoms with Crippen molar-refractivity contribution in [3.8, 4) is 11.4 Å². The Morgan fingerprint density at radius 3 is 2.17 bits per heavy atom. The largest absolute Gasteiger partial charge is 0.497 e. The van der Waals surface area contributed by atoms with E-state index in [0.717, 1.165) is 26.9 Å². The lowest BCUT2D eigenvalue weighted by Crippen LogP contribution is -2.41. The maximum absolute atomic E-state index is 12.5. The minimum Gasteiger partial charge on any atom is -0.497 e. The van der Waals surface area contributed by atoms with Crippen LogP contribution in [0.1, 0.15) is 16.7 Å². The van der Waals surface area contributed by atoms with Crippen molar-refractivity contribution in [2.75, 3.05) is 12.4 Å². The van der Waals surface area contributed by atoms with Crippen molar-refractivity contribution in [3.05, 3.63) is 86.2 Å². The third-order valence-electron chi connectivity index (χ3n) is 4.66. The molecule has 0 fully saturated rings. The van der Waals surface area contributed by atoms with Gasteiger partial charge < -0.3 is 10.1 Å². The fourth-order valence-electron chi connectivity index (χ4n) is 3.29. The Balaban J connectivity index is 1.83. The van der Waals surface area contributed by atoms with E-state index in [4.69, 9.17) is 4.74 Å². The van der Waals surface area contributed by atoms with Gasteiger partial charge in [-0.1, -0.05) is 17.7 Å². The van der Waals surface area contributed by atoms with Gasteiger partial charge in [0.1, 0.15) is 12.3 Å². The van der Waals surface area contributed by atoms with Gasteiger partial charge in [-0.05, 0) is 56.2 Å². The first-order valence-corrected chi connectivity index (χ1v) is 9.14. The summed E-state index contributed by atoms with van der Waals surface area (Å²) >= 11 is 0. The van der Waals surface area contributed by atoms with Gasteiger partial charge in [0.25, 0.3) is 0 Å². The van der Waals surface area contributed by atoms with Gasteiger partial charge in [0.15, 0.2) is 0 Å². The topological polar surface area (TPSA) is 82.3 Å². The first kappa shape index (κ1) is 20.1. The highest BCUT2D eigenvalue weighted by atomic mass is 16.5. The highest BCUT2D eigenvalue weighted by Gasteiger charge is 2.12. The Labute approximate surface area is 168 Å². The molecule has 0 saturated heterocycles. The number of anilines is 1. The molecule has 29 heavy (non-hydrogen) atoms. The van der Waals surface area contributed by atoms with Crippen LogP contribution >= 0.6 is 0 Å². The summed E-state index contributed by atoms with van der Waals surface area (Å²) in [6.45, 7) is 5.57. The minimum absolute atomic E-state index is 0.246. The summed E-state index contributed by atoms with van der Waals surface area (Å²) in [6, 6.07) is 10.7. The molecule has 3 rings (SSSR count). The van der Waals surface area contributed by atoms with Gasteiger partial charge in [0.2, 0.25) is 5.91 Å². The highest BCUT2D eigenvalue weighted by Crippen LogP contribution is 2.21. The standard InChI is InChI=1S/C22H23N3O4/c1-14-11-15(2)20(16(3)12-14)23-19(26)13-24-9-10-25(22(28)21(24)27)17-5-7-18(29-4)8-6-17/h5-12H,13H2,1-4H3,(H,23,26). The lowest BCUT2D eigenvalue weighted by Gasteiger charge is -2.14. The van der Waals surface area contributed by atoms with Crippen LogP contribution in [0.25, 0.3) is 5.69 Å². The van der Waals surface area contributed by atoms with E-state index in [1.807, 2.05) is 32.9 Å². The molecule has 1 heterocycles. The van der Waals surface area contributed by atoms with Crippen LogP contribution < -0.4 is 21.2 Å². The number of ether oxygens (including phenoxy) is 1. The lowest BCUT2D eigenvalue weighted by molar-refractivity contribution is -0.116. The van der Waals surface area contributed by atoms with E-state index in [2.05, 4.69) is 5.32 Å². The number of benzene rings is 2. The fraction of sp³-hybridized carbons (Fsp3) is 0.227. The van der Waals surface area contributed by atoms with Crippen molar-refractivity contribution >= 4 is 11.6 Å². The van der Waals surface area contributed by atoms with E-state index < -0.39 is 11.1 Å². The molecule has 0 unspecified atom stereocenters.